The lowest BCUT2D eigenvalue weighted by Gasteiger charge is -2.34. The zero-order valence-corrected chi connectivity index (χ0v) is 14.5. The van der Waals surface area contributed by atoms with E-state index >= 15 is 0 Å². The first kappa shape index (κ1) is 17.0. The van der Waals surface area contributed by atoms with E-state index in [0.717, 1.165) is 24.6 Å². The number of rotatable bonds is 7. The summed E-state index contributed by atoms with van der Waals surface area (Å²) in [5, 5.41) is 2.80. The molecule has 1 fully saturated rings. The molecular weight excluding hydrogens is 308 g/mol. The Balaban J connectivity index is 1.60. The Morgan fingerprint density at radius 3 is 2.88 bits per heavy atom. The highest BCUT2D eigenvalue weighted by Crippen LogP contribution is 2.34. The number of hydrogen-bond acceptors (Lipinski definition) is 4. The molecule has 132 valence electrons. The summed E-state index contributed by atoms with van der Waals surface area (Å²) in [7, 11) is 1.60. The molecule has 1 aromatic rings. The van der Waals surface area contributed by atoms with Gasteiger partial charge in [0.1, 0.15) is 5.82 Å². The highest BCUT2D eigenvalue weighted by Gasteiger charge is 2.33. The summed E-state index contributed by atoms with van der Waals surface area (Å²) >= 11 is 0. The van der Waals surface area contributed by atoms with Crippen LogP contribution in [0.3, 0.4) is 0 Å². The van der Waals surface area contributed by atoms with Crippen molar-refractivity contribution in [2.24, 2.45) is 5.92 Å². The Morgan fingerprint density at radius 2 is 2.17 bits per heavy atom. The Labute approximate surface area is 142 Å². The summed E-state index contributed by atoms with van der Waals surface area (Å²) in [5.74, 6) is 1.65. The maximum atomic E-state index is 12.4. The van der Waals surface area contributed by atoms with Gasteiger partial charge in [0.15, 0.2) is 0 Å². The number of imidazole rings is 1. The molecular formula is C17H26N4O3. The fourth-order valence-corrected chi connectivity index (χ4v) is 3.18. The van der Waals surface area contributed by atoms with Gasteiger partial charge in [-0.05, 0) is 25.7 Å². The number of hydrogen-bond donors (Lipinski definition) is 1. The highest BCUT2D eigenvalue weighted by molar-refractivity contribution is 5.78. The molecule has 7 heteroatoms. The van der Waals surface area contributed by atoms with Gasteiger partial charge < -0.3 is 19.5 Å². The zero-order chi connectivity index (χ0) is 17.1. The standard InChI is InChI=1S/C17H26N4O3/c1-12-17-19-14(10-15(22)18-5-8-24-2)11-20(17)6-7-21(12)16(23)9-13-3-4-13/h11-13H,3-10H2,1-2H3,(H,18,22)/t12-/m0/s1. The Morgan fingerprint density at radius 1 is 1.38 bits per heavy atom. The highest BCUT2D eigenvalue weighted by atomic mass is 16.5. The van der Waals surface area contributed by atoms with Crippen LogP contribution < -0.4 is 5.32 Å². The number of carbonyl (C=O) groups is 2. The average Bonchev–Trinajstić information content (AvgIpc) is 3.25. The quantitative estimate of drug-likeness (QED) is 0.752. The van der Waals surface area contributed by atoms with Crippen LogP contribution in [0.15, 0.2) is 6.20 Å². The van der Waals surface area contributed by atoms with Gasteiger partial charge in [-0.3, -0.25) is 9.59 Å². The summed E-state index contributed by atoms with van der Waals surface area (Å²) in [6.07, 6.45) is 5.23. The van der Waals surface area contributed by atoms with Gasteiger partial charge in [-0.25, -0.2) is 4.98 Å². The SMILES string of the molecule is COCCNC(=O)Cc1cn2c(n1)[C@H](C)N(C(=O)CC1CC1)CC2. The monoisotopic (exact) mass is 334 g/mol. The third-order valence-electron chi connectivity index (χ3n) is 4.73. The molecule has 1 atom stereocenters. The number of nitrogens with zero attached hydrogens (tertiary/aromatic N) is 3. The van der Waals surface area contributed by atoms with Gasteiger partial charge in [-0.15, -0.1) is 0 Å². The van der Waals surface area contributed by atoms with Gasteiger partial charge in [-0.1, -0.05) is 0 Å². The summed E-state index contributed by atoms with van der Waals surface area (Å²) in [5.41, 5.74) is 0.753. The lowest BCUT2D eigenvalue weighted by atomic mass is 10.1. The largest absolute Gasteiger partial charge is 0.383 e. The lowest BCUT2D eigenvalue weighted by Crippen LogP contribution is -2.41. The summed E-state index contributed by atoms with van der Waals surface area (Å²) in [6, 6.07) is -0.0321. The fraction of sp³-hybridized carbons (Fsp3) is 0.706. The molecule has 2 aliphatic rings. The molecule has 7 nitrogen and oxygen atoms in total. The first-order valence-corrected chi connectivity index (χ1v) is 8.69. The van der Waals surface area contributed by atoms with E-state index in [1.807, 2.05) is 18.0 Å². The van der Waals surface area contributed by atoms with Crippen molar-refractivity contribution in [3.05, 3.63) is 17.7 Å². The second-order valence-corrected chi connectivity index (χ2v) is 6.71. The van der Waals surface area contributed by atoms with Gasteiger partial charge >= 0.3 is 0 Å². The molecule has 0 bridgehead atoms. The Bertz CT molecular complexity index is 609. The van der Waals surface area contributed by atoms with E-state index in [-0.39, 0.29) is 24.3 Å². The van der Waals surface area contributed by atoms with Crippen LogP contribution in [-0.4, -0.2) is 53.1 Å². The maximum absolute atomic E-state index is 12.4. The molecule has 2 heterocycles. The van der Waals surface area contributed by atoms with Crippen molar-refractivity contribution in [1.29, 1.82) is 0 Å². The number of aromatic nitrogens is 2. The van der Waals surface area contributed by atoms with Gasteiger partial charge in [0.05, 0.1) is 24.8 Å². The Hall–Kier alpha value is -1.89. The molecule has 0 aromatic carbocycles. The molecule has 2 amide bonds. The van der Waals surface area contributed by atoms with Crippen LogP contribution in [0.4, 0.5) is 0 Å². The van der Waals surface area contributed by atoms with Gasteiger partial charge in [0.25, 0.3) is 0 Å². The molecule has 1 saturated carbocycles. The molecule has 1 aliphatic heterocycles. The first-order valence-electron chi connectivity index (χ1n) is 8.69. The molecule has 1 aliphatic carbocycles. The van der Waals surface area contributed by atoms with Gasteiger partial charge in [0, 0.05) is 39.4 Å². The van der Waals surface area contributed by atoms with E-state index in [2.05, 4.69) is 14.9 Å². The number of carbonyl (C=O) groups excluding carboxylic acids is 2. The average molecular weight is 334 g/mol. The topological polar surface area (TPSA) is 76.5 Å². The van der Waals surface area contributed by atoms with Crippen molar-refractivity contribution in [2.75, 3.05) is 26.8 Å². The van der Waals surface area contributed by atoms with Crippen LogP contribution in [-0.2, 0) is 27.3 Å². The number of amides is 2. The van der Waals surface area contributed by atoms with E-state index in [4.69, 9.17) is 4.74 Å². The third-order valence-corrected chi connectivity index (χ3v) is 4.73. The number of methoxy groups -OCH3 is 1. The van der Waals surface area contributed by atoms with Crippen LogP contribution in [0, 0.1) is 5.92 Å². The second kappa shape index (κ2) is 7.34. The predicted octanol–water partition coefficient (Wildman–Crippen LogP) is 0.891. The van der Waals surface area contributed by atoms with Crippen LogP contribution in [0.2, 0.25) is 0 Å². The minimum atomic E-state index is -0.0585. The molecule has 0 radical (unpaired) electrons. The predicted molar refractivity (Wildman–Crippen MR) is 88.3 cm³/mol. The minimum absolute atomic E-state index is 0.0321. The normalized spacial score (nSPS) is 19.9. The van der Waals surface area contributed by atoms with E-state index in [1.54, 1.807) is 7.11 Å². The summed E-state index contributed by atoms with van der Waals surface area (Å²) < 4.78 is 6.99. The van der Waals surface area contributed by atoms with Crippen LogP contribution in [0.1, 0.15) is 43.7 Å². The molecule has 3 rings (SSSR count). The minimum Gasteiger partial charge on any atom is -0.383 e. The van der Waals surface area contributed by atoms with Crippen LogP contribution >= 0.6 is 0 Å². The molecule has 0 unspecified atom stereocenters. The second-order valence-electron chi connectivity index (χ2n) is 6.71. The molecule has 1 aromatic heterocycles. The van der Waals surface area contributed by atoms with Gasteiger partial charge in [-0.2, -0.15) is 0 Å². The van der Waals surface area contributed by atoms with E-state index in [1.165, 1.54) is 12.8 Å². The van der Waals surface area contributed by atoms with Crippen LogP contribution in [0.5, 0.6) is 0 Å². The third kappa shape index (κ3) is 3.95. The molecule has 0 spiro atoms. The summed E-state index contributed by atoms with van der Waals surface area (Å²) in [4.78, 5) is 30.9. The van der Waals surface area contributed by atoms with Crippen molar-refractivity contribution in [3.8, 4) is 0 Å². The smallest absolute Gasteiger partial charge is 0.226 e. The van der Waals surface area contributed by atoms with Crippen molar-refractivity contribution >= 4 is 11.8 Å². The van der Waals surface area contributed by atoms with Gasteiger partial charge in [0.2, 0.25) is 11.8 Å². The summed E-state index contributed by atoms with van der Waals surface area (Å²) in [6.45, 7) is 4.48. The van der Waals surface area contributed by atoms with Crippen molar-refractivity contribution in [3.63, 3.8) is 0 Å². The van der Waals surface area contributed by atoms with E-state index in [9.17, 15) is 9.59 Å². The fourth-order valence-electron chi connectivity index (χ4n) is 3.18. The Kier molecular flexibility index (Phi) is 5.18. The molecule has 1 N–H and O–H groups in total. The first-order chi connectivity index (χ1) is 11.6. The van der Waals surface area contributed by atoms with Crippen molar-refractivity contribution < 1.29 is 14.3 Å². The zero-order valence-electron chi connectivity index (χ0n) is 14.5. The molecule has 24 heavy (non-hydrogen) atoms. The van der Waals surface area contributed by atoms with Crippen LogP contribution in [0.25, 0.3) is 0 Å². The lowest BCUT2D eigenvalue weighted by molar-refractivity contribution is -0.135. The van der Waals surface area contributed by atoms with E-state index in [0.29, 0.717) is 25.5 Å². The molecule has 0 saturated heterocycles. The number of nitrogens with one attached hydrogen (secondary N) is 1. The maximum Gasteiger partial charge on any atom is 0.226 e. The number of fused-ring (bicyclic) bond motifs is 1. The van der Waals surface area contributed by atoms with Crippen molar-refractivity contribution in [2.45, 2.75) is 45.2 Å². The number of ether oxygens (including phenoxy) is 1. The van der Waals surface area contributed by atoms with Crippen molar-refractivity contribution in [1.82, 2.24) is 19.8 Å². The van der Waals surface area contributed by atoms with E-state index < -0.39 is 0 Å².